The van der Waals surface area contributed by atoms with Gasteiger partial charge in [0, 0.05) is 24.3 Å². The summed E-state index contributed by atoms with van der Waals surface area (Å²) in [4.78, 5) is 12.3. The summed E-state index contributed by atoms with van der Waals surface area (Å²) in [5.41, 5.74) is 9.25. The van der Waals surface area contributed by atoms with E-state index in [4.69, 9.17) is 4.98 Å². The number of nitrogens with one attached hydrogen (secondary N) is 3. The van der Waals surface area contributed by atoms with Crippen LogP contribution in [0.4, 0.5) is 5.69 Å². The molecule has 34 heavy (non-hydrogen) atoms. The number of pyridine rings is 1. The van der Waals surface area contributed by atoms with Crippen molar-refractivity contribution in [2.75, 3.05) is 11.9 Å². The molecule has 5 rings (SSSR count). The highest BCUT2D eigenvalue weighted by Crippen LogP contribution is 2.32. The van der Waals surface area contributed by atoms with Gasteiger partial charge in [-0.15, -0.1) is 0 Å². The van der Waals surface area contributed by atoms with Crippen molar-refractivity contribution >= 4 is 33.2 Å². The smallest absolute Gasteiger partial charge is 0.159 e. The molecule has 0 saturated carbocycles. The summed E-state index contributed by atoms with van der Waals surface area (Å²) < 4.78 is 0. The van der Waals surface area contributed by atoms with Crippen molar-refractivity contribution < 1.29 is 0 Å². The van der Waals surface area contributed by atoms with Crippen molar-refractivity contribution in [3.05, 3.63) is 102 Å². The SMILES string of the molecule is C=C/C(CNc1cccnc1)=C(C)\C(=C/C)c1ccc2[nH]nc(-c3nc4ccccc4[nH]3)c2c1. The summed E-state index contributed by atoms with van der Waals surface area (Å²) in [6, 6.07) is 18.3. The summed E-state index contributed by atoms with van der Waals surface area (Å²) in [5.74, 6) is 0.756. The molecule has 0 saturated heterocycles. The number of hydrogen-bond acceptors (Lipinski definition) is 4. The van der Waals surface area contributed by atoms with Crippen molar-refractivity contribution in [1.82, 2.24) is 25.1 Å². The number of benzene rings is 2. The van der Waals surface area contributed by atoms with E-state index in [1.165, 1.54) is 5.57 Å². The fraction of sp³-hybridized carbons (Fsp3) is 0.107. The van der Waals surface area contributed by atoms with Crippen molar-refractivity contribution in [2.24, 2.45) is 0 Å². The van der Waals surface area contributed by atoms with Crippen LogP contribution in [0.5, 0.6) is 0 Å². The molecule has 0 fully saturated rings. The van der Waals surface area contributed by atoms with E-state index in [2.05, 4.69) is 70.2 Å². The molecular weight excluding hydrogens is 420 g/mol. The third kappa shape index (κ3) is 4.01. The van der Waals surface area contributed by atoms with Gasteiger partial charge < -0.3 is 10.3 Å². The monoisotopic (exact) mass is 446 g/mol. The second-order valence-electron chi connectivity index (χ2n) is 8.09. The van der Waals surface area contributed by atoms with Crippen molar-refractivity contribution in [3.63, 3.8) is 0 Å². The van der Waals surface area contributed by atoms with Crippen molar-refractivity contribution in [3.8, 4) is 11.5 Å². The first-order valence-corrected chi connectivity index (χ1v) is 11.2. The van der Waals surface area contributed by atoms with Crippen molar-refractivity contribution in [1.29, 1.82) is 0 Å². The molecule has 0 spiro atoms. The first-order chi connectivity index (χ1) is 16.7. The lowest BCUT2D eigenvalue weighted by molar-refractivity contribution is 1.11. The van der Waals surface area contributed by atoms with Gasteiger partial charge in [-0.3, -0.25) is 10.1 Å². The predicted molar refractivity (Wildman–Crippen MR) is 140 cm³/mol. The standard InChI is InChI=1S/C28H26N6/c1-4-19(16-30-21-9-8-14-29-17-21)18(3)22(5-2)20-12-13-24-23(15-20)27(34-33-24)28-31-25-10-6-7-11-26(25)32-28/h4-15,17,30H,1,16H2,2-3H3,(H,31,32)(H,33,34)/b19-18+,22-5+. The lowest BCUT2D eigenvalue weighted by Crippen LogP contribution is -2.06. The molecular formula is C28H26N6. The fourth-order valence-electron chi connectivity index (χ4n) is 4.22. The molecule has 6 nitrogen and oxygen atoms in total. The average molecular weight is 447 g/mol. The van der Waals surface area contributed by atoms with Gasteiger partial charge >= 0.3 is 0 Å². The zero-order chi connectivity index (χ0) is 23.5. The summed E-state index contributed by atoms with van der Waals surface area (Å²) in [5, 5.41) is 12.2. The Hall–Kier alpha value is -4.45. The maximum Gasteiger partial charge on any atom is 0.159 e. The number of rotatable bonds is 7. The molecule has 0 bridgehead atoms. The Morgan fingerprint density at radius 1 is 1.09 bits per heavy atom. The number of hydrogen-bond donors (Lipinski definition) is 3. The minimum absolute atomic E-state index is 0.663. The molecule has 6 heteroatoms. The Kier molecular flexibility index (Phi) is 5.79. The number of anilines is 1. The van der Waals surface area contributed by atoms with Crippen LogP contribution < -0.4 is 5.32 Å². The Bertz CT molecular complexity index is 1500. The highest BCUT2D eigenvalue weighted by Gasteiger charge is 2.15. The van der Waals surface area contributed by atoms with Crippen molar-refractivity contribution in [2.45, 2.75) is 13.8 Å². The third-order valence-corrected chi connectivity index (χ3v) is 6.05. The van der Waals surface area contributed by atoms with E-state index in [9.17, 15) is 0 Å². The number of allylic oxidation sites excluding steroid dienone is 3. The molecule has 2 aromatic carbocycles. The van der Waals surface area contributed by atoms with Crippen LogP contribution in [0.2, 0.25) is 0 Å². The molecule has 0 atom stereocenters. The van der Waals surface area contributed by atoms with Crippen LogP contribution in [0.15, 0.2) is 96.9 Å². The zero-order valence-electron chi connectivity index (χ0n) is 19.3. The molecule has 3 N–H and O–H groups in total. The van der Waals surface area contributed by atoms with Gasteiger partial charge in [-0.05, 0) is 72.5 Å². The highest BCUT2D eigenvalue weighted by molar-refractivity contribution is 5.96. The van der Waals surface area contributed by atoms with E-state index in [1.807, 2.05) is 48.7 Å². The van der Waals surface area contributed by atoms with E-state index in [0.29, 0.717) is 6.54 Å². The lowest BCUT2D eigenvalue weighted by atomic mass is 9.93. The number of nitrogens with zero attached hydrogens (tertiary/aromatic N) is 3. The number of aromatic nitrogens is 5. The molecule has 0 aliphatic carbocycles. The Balaban J connectivity index is 1.51. The summed E-state index contributed by atoms with van der Waals surface area (Å²) in [6.45, 7) is 8.92. The van der Waals surface area contributed by atoms with Gasteiger partial charge in [0.25, 0.3) is 0 Å². The van der Waals surface area contributed by atoms with Crippen LogP contribution in [0, 0.1) is 0 Å². The predicted octanol–water partition coefficient (Wildman–Crippen LogP) is 6.52. The first kappa shape index (κ1) is 21.4. The second kappa shape index (κ2) is 9.19. The number of fused-ring (bicyclic) bond motifs is 2. The lowest BCUT2D eigenvalue weighted by Gasteiger charge is -2.14. The Morgan fingerprint density at radius 2 is 1.97 bits per heavy atom. The second-order valence-corrected chi connectivity index (χ2v) is 8.09. The number of para-hydroxylation sites is 2. The number of aromatic amines is 2. The highest BCUT2D eigenvalue weighted by atomic mass is 15.1. The molecule has 0 radical (unpaired) electrons. The minimum atomic E-state index is 0.663. The molecule has 0 aliphatic heterocycles. The van der Waals surface area contributed by atoms with Gasteiger partial charge in [0.1, 0.15) is 5.69 Å². The van der Waals surface area contributed by atoms with Crippen LogP contribution in [0.1, 0.15) is 19.4 Å². The molecule has 168 valence electrons. The van der Waals surface area contributed by atoms with E-state index in [0.717, 1.165) is 55.9 Å². The number of imidazole rings is 1. The Morgan fingerprint density at radius 3 is 2.74 bits per heavy atom. The van der Waals surface area contributed by atoms with Gasteiger partial charge in [0.15, 0.2) is 5.82 Å². The molecule has 0 unspecified atom stereocenters. The quantitative estimate of drug-likeness (QED) is 0.249. The van der Waals surface area contributed by atoms with E-state index in [1.54, 1.807) is 6.20 Å². The van der Waals surface area contributed by atoms with Gasteiger partial charge in [0.2, 0.25) is 0 Å². The summed E-state index contributed by atoms with van der Waals surface area (Å²) >= 11 is 0. The maximum atomic E-state index is 4.74. The minimum Gasteiger partial charge on any atom is -0.380 e. The van der Waals surface area contributed by atoms with E-state index in [-0.39, 0.29) is 0 Å². The third-order valence-electron chi connectivity index (χ3n) is 6.05. The van der Waals surface area contributed by atoms with Crippen LogP contribution in [-0.2, 0) is 0 Å². The molecule has 0 amide bonds. The summed E-state index contributed by atoms with van der Waals surface area (Å²) in [6.07, 6.45) is 7.65. The van der Waals surface area contributed by atoms with E-state index >= 15 is 0 Å². The Labute approximate surface area is 198 Å². The van der Waals surface area contributed by atoms with Gasteiger partial charge in [-0.1, -0.05) is 36.9 Å². The zero-order valence-corrected chi connectivity index (χ0v) is 19.3. The molecule has 3 aromatic heterocycles. The van der Waals surface area contributed by atoms with Crippen LogP contribution in [-0.4, -0.2) is 31.7 Å². The normalized spacial score (nSPS) is 12.7. The van der Waals surface area contributed by atoms with Gasteiger partial charge in [-0.2, -0.15) is 5.10 Å². The van der Waals surface area contributed by atoms with Crippen LogP contribution >= 0.6 is 0 Å². The van der Waals surface area contributed by atoms with Crippen LogP contribution in [0.3, 0.4) is 0 Å². The van der Waals surface area contributed by atoms with Gasteiger partial charge in [0.05, 0.1) is 22.2 Å². The van der Waals surface area contributed by atoms with Crippen LogP contribution in [0.25, 0.3) is 39.0 Å². The molecule has 5 aromatic rings. The van der Waals surface area contributed by atoms with Gasteiger partial charge in [-0.25, -0.2) is 4.98 Å². The molecule has 3 heterocycles. The fourth-order valence-corrected chi connectivity index (χ4v) is 4.22. The summed E-state index contributed by atoms with van der Waals surface area (Å²) in [7, 11) is 0. The topological polar surface area (TPSA) is 82.3 Å². The molecule has 0 aliphatic rings. The number of H-pyrrole nitrogens is 2. The largest absolute Gasteiger partial charge is 0.380 e. The average Bonchev–Trinajstić information content (AvgIpc) is 3.49. The van der Waals surface area contributed by atoms with E-state index < -0.39 is 0 Å². The first-order valence-electron chi connectivity index (χ1n) is 11.2. The maximum absolute atomic E-state index is 4.74.